The van der Waals surface area contributed by atoms with Gasteiger partial charge in [0.15, 0.2) is 0 Å². The summed E-state index contributed by atoms with van der Waals surface area (Å²) in [5.74, 6) is -2.73. The molecule has 2 atom stereocenters. The molecule has 0 saturated carbocycles. The molecule has 2 aromatic rings. The van der Waals surface area contributed by atoms with Gasteiger partial charge in [-0.05, 0) is 71.0 Å². The molecule has 0 saturated heterocycles. The lowest BCUT2D eigenvalue weighted by molar-refractivity contribution is -0.126. The summed E-state index contributed by atoms with van der Waals surface area (Å²) in [6.45, 7) is 9.02. The van der Waals surface area contributed by atoms with Gasteiger partial charge in [0, 0.05) is 27.7 Å². The molecule has 2 rings (SSSR count). The molecule has 0 aliphatic heterocycles. The Morgan fingerprint density at radius 3 is 2.12 bits per heavy atom. The number of hydrogen-bond donors (Lipinski definition) is 2. The minimum atomic E-state index is -1.81. The first-order valence-electron chi connectivity index (χ1n) is 10.5. The summed E-state index contributed by atoms with van der Waals surface area (Å²) in [7, 11) is -1.81. The molecule has 0 radical (unpaired) electrons. The van der Waals surface area contributed by atoms with Crippen LogP contribution in [0.3, 0.4) is 0 Å². The highest BCUT2D eigenvalue weighted by molar-refractivity contribution is 7.86. The molecule has 178 valence electrons. The Hall–Kier alpha value is -3.07. The monoisotopic (exact) mass is 475 g/mol. The maximum Gasteiger partial charge on any atom is 0.243 e. The molecule has 0 aromatic heterocycles. The molecule has 7 nitrogen and oxygen atoms in total. The summed E-state index contributed by atoms with van der Waals surface area (Å²) in [6, 6.07) is 11.4. The van der Waals surface area contributed by atoms with E-state index < -0.39 is 51.5 Å². The second kappa shape index (κ2) is 11.2. The summed E-state index contributed by atoms with van der Waals surface area (Å²) in [5, 5.41) is 5.37. The molecule has 33 heavy (non-hydrogen) atoms. The van der Waals surface area contributed by atoms with Crippen molar-refractivity contribution in [2.24, 2.45) is 0 Å². The number of halogens is 1. The van der Waals surface area contributed by atoms with Crippen molar-refractivity contribution in [1.82, 2.24) is 5.32 Å². The molecule has 0 bridgehead atoms. The Bertz CT molecular complexity index is 1020. The van der Waals surface area contributed by atoms with Gasteiger partial charge < -0.3 is 10.6 Å². The van der Waals surface area contributed by atoms with Crippen LogP contribution in [0.25, 0.3) is 0 Å². The lowest BCUT2D eigenvalue weighted by atomic mass is 10.1. The number of benzene rings is 2. The minimum Gasteiger partial charge on any atom is -0.350 e. The smallest absolute Gasteiger partial charge is 0.243 e. The second-order valence-electron chi connectivity index (χ2n) is 8.80. The van der Waals surface area contributed by atoms with Crippen molar-refractivity contribution in [3.05, 3.63) is 59.9 Å². The van der Waals surface area contributed by atoms with E-state index in [1.165, 1.54) is 29.2 Å². The zero-order chi connectivity index (χ0) is 24.8. The summed E-state index contributed by atoms with van der Waals surface area (Å²) in [4.78, 5) is 39.4. The van der Waals surface area contributed by atoms with E-state index in [0.29, 0.717) is 11.4 Å². The van der Waals surface area contributed by atoms with Crippen LogP contribution < -0.4 is 15.5 Å². The van der Waals surface area contributed by atoms with Crippen molar-refractivity contribution < 1.29 is 23.0 Å². The van der Waals surface area contributed by atoms with Gasteiger partial charge in [-0.15, -0.1) is 0 Å². The Labute approximate surface area is 196 Å². The van der Waals surface area contributed by atoms with Gasteiger partial charge in [0.05, 0.1) is 0 Å². The van der Waals surface area contributed by atoms with Crippen LogP contribution in [0.2, 0.25) is 0 Å². The molecule has 9 heteroatoms. The average Bonchev–Trinajstić information content (AvgIpc) is 2.69. The summed E-state index contributed by atoms with van der Waals surface area (Å²) < 4.78 is 25.6. The predicted molar refractivity (Wildman–Crippen MR) is 129 cm³/mol. The van der Waals surface area contributed by atoms with Gasteiger partial charge >= 0.3 is 0 Å². The van der Waals surface area contributed by atoms with Crippen molar-refractivity contribution >= 4 is 39.9 Å². The average molecular weight is 476 g/mol. The van der Waals surface area contributed by atoms with E-state index in [-0.39, 0.29) is 5.91 Å². The summed E-state index contributed by atoms with van der Waals surface area (Å²) in [6.07, 6.45) is 0. The number of hydrogen-bond acceptors (Lipinski definition) is 4. The Morgan fingerprint density at radius 1 is 1.00 bits per heavy atom. The fraction of sp³-hybridized carbons (Fsp3) is 0.375. The first-order chi connectivity index (χ1) is 15.4. The molecule has 0 aliphatic rings. The number of anilines is 2. The van der Waals surface area contributed by atoms with E-state index in [0.717, 1.165) is 5.56 Å². The molecule has 0 spiro atoms. The number of nitrogens with one attached hydrogen (secondary N) is 2. The minimum absolute atomic E-state index is 0.351. The van der Waals surface area contributed by atoms with Gasteiger partial charge in [-0.25, -0.2) is 4.39 Å². The highest BCUT2D eigenvalue weighted by Gasteiger charge is 2.30. The van der Waals surface area contributed by atoms with Crippen molar-refractivity contribution in [3.8, 4) is 0 Å². The van der Waals surface area contributed by atoms with Gasteiger partial charge in [-0.3, -0.25) is 23.5 Å². The van der Waals surface area contributed by atoms with E-state index in [2.05, 4.69) is 10.6 Å². The molecule has 0 fully saturated rings. The van der Waals surface area contributed by atoms with Gasteiger partial charge in [0.2, 0.25) is 17.7 Å². The van der Waals surface area contributed by atoms with Gasteiger partial charge in [-0.2, -0.15) is 0 Å². The zero-order valence-corrected chi connectivity index (χ0v) is 20.3. The largest absolute Gasteiger partial charge is 0.350 e. The maximum absolute atomic E-state index is 13.1. The molecule has 0 unspecified atom stereocenters. The van der Waals surface area contributed by atoms with Gasteiger partial charge in [0.25, 0.3) is 0 Å². The molecule has 0 heterocycles. The van der Waals surface area contributed by atoms with Gasteiger partial charge in [0.1, 0.15) is 23.4 Å². The predicted octanol–water partition coefficient (Wildman–Crippen LogP) is 3.16. The van der Waals surface area contributed by atoms with Crippen LogP contribution in [-0.4, -0.2) is 45.0 Å². The van der Waals surface area contributed by atoms with E-state index in [1.807, 2.05) is 39.8 Å². The third-order valence-electron chi connectivity index (χ3n) is 4.55. The first kappa shape index (κ1) is 26.2. The fourth-order valence-corrected chi connectivity index (χ4v) is 3.90. The second-order valence-corrected chi connectivity index (χ2v) is 10.3. The molecule has 0 aliphatic carbocycles. The van der Waals surface area contributed by atoms with Crippen LogP contribution in [0.4, 0.5) is 15.8 Å². The third-order valence-corrected chi connectivity index (χ3v) is 5.70. The number of rotatable bonds is 8. The van der Waals surface area contributed by atoms with Crippen LogP contribution in [0.1, 0.15) is 33.3 Å². The van der Waals surface area contributed by atoms with Crippen molar-refractivity contribution in [1.29, 1.82) is 0 Å². The Morgan fingerprint density at radius 2 is 1.58 bits per heavy atom. The van der Waals surface area contributed by atoms with E-state index in [9.17, 15) is 23.0 Å². The first-order valence-corrected chi connectivity index (χ1v) is 12.0. The third kappa shape index (κ3) is 8.42. The quantitative estimate of drug-likeness (QED) is 0.613. The van der Waals surface area contributed by atoms with Crippen LogP contribution in [0.5, 0.6) is 0 Å². The topological polar surface area (TPSA) is 95.6 Å². The normalized spacial score (nSPS) is 13.0. The lowest BCUT2D eigenvalue weighted by Gasteiger charge is -2.31. The molecule has 2 aromatic carbocycles. The number of amides is 3. The fourth-order valence-electron chi connectivity index (χ4n) is 3.02. The summed E-state index contributed by atoms with van der Waals surface area (Å²) in [5.41, 5.74) is 1.35. The number of carbonyl (C=O) groups excluding carboxylic acids is 3. The van der Waals surface area contributed by atoms with Crippen molar-refractivity contribution in [2.75, 3.05) is 21.7 Å². The highest BCUT2D eigenvalue weighted by atomic mass is 32.2. The molecular formula is C24H30FN3O4S. The Balaban J connectivity index is 2.12. The van der Waals surface area contributed by atoms with Crippen LogP contribution in [0.15, 0.2) is 48.5 Å². The standard InChI is InChI=1S/C24H30FN3O4S/c1-16-6-12-20(13-7-16)28(17(2)23(31)27-24(3,4)5)22(30)15-33(32)14-21(29)26-19-10-8-18(25)9-11-19/h6-13,17H,14-15H2,1-5H3,(H,26,29)(H,27,31)/t17-,33-/m1/s1. The van der Waals surface area contributed by atoms with Crippen LogP contribution in [0, 0.1) is 12.7 Å². The van der Waals surface area contributed by atoms with Crippen LogP contribution >= 0.6 is 0 Å². The maximum atomic E-state index is 13.1. The van der Waals surface area contributed by atoms with Gasteiger partial charge in [-0.1, -0.05) is 17.7 Å². The zero-order valence-electron chi connectivity index (χ0n) is 19.5. The van der Waals surface area contributed by atoms with E-state index in [1.54, 1.807) is 19.1 Å². The van der Waals surface area contributed by atoms with Crippen molar-refractivity contribution in [2.45, 2.75) is 46.2 Å². The van der Waals surface area contributed by atoms with E-state index in [4.69, 9.17) is 0 Å². The SMILES string of the molecule is Cc1ccc(N(C(=O)C[S@](=O)CC(=O)Nc2ccc(F)cc2)[C@H](C)C(=O)NC(C)(C)C)cc1. The highest BCUT2D eigenvalue weighted by Crippen LogP contribution is 2.19. The van der Waals surface area contributed by atoms with E-state index >= 15 is 0 Å². The Kier molecular flexibility index (Phi) is 8.87. The molecular weight excluding hydrogens is 445 g/mol. The van der Waals surface area contributed by atoms with Crippen LogP contribution in [-0.2, 0) is 25.2 Å². The molecule has 2 N–H and O–H groups in total. The summed E-state index contributed by atoms with van der Waals surface area (Å²) >= 11 is 0. The van der Waals surface area contributed by atoms with Crippen molar-refractivity contribution in [3.63, 3.8) is 0 Å². The molecule has 3 amide bonds. The lowest BCUT2D eigenvalue weighted by Crippen LogP contribution is -2.53. The number of aryl methyl sites for hydroxylation is 1. The number of carbonyl (C=O) groups is 3. The number of nitrogens with zero attached hydrogens (tertiary/aromatic N) is 1.